The average molecular weight is 275 g/mol. The van der Waals surface area contributed by atoms with Crippen LogP contribution in [-0.2, 0) is 0 Å². The van der Waals surface area contributed by atoms with Crippen molar-refractivity contribution in [3.05, 3.63) is 23.9 Å². The Bertz CT molecular complexity index is 418. The quantitative estimate of drug-likeness (QED) is 0.886. The molecule has 0 spiro atoms. The second-order valence-electron chi connectivity index (χ2n) is 6.26. The van der Waals surface area contributed by atoms with Crippen LogP contribution in [0.3, 0.4) is 0 Å². The molecule has 112 valence electrons. The standard InChI is InChI=1S/C17H29N3/c1-5-18-14(3)15-9-10-19-17(12-15)20(4)16-8-6-7-13(2)11-16/h9-10,12-14,16,18H,5-8,11H2,1-4H3. The summed E-state index contributed by atoms with van der Waals surface area (Å²) < 4.78 is 0. The van der Waals surface area contributed by atoms with Crippen molar-refractivity contribution in [3.8, 4) is 0 Å². The van der Waals surface area contributed by atoms with E-state index in [1.165, 1.54) is 31.2 Å². The van der Waals surface area contributed by atoms with Gasteiger partial charge in [-0.15, -0.1) is 0 Å². The molecule has 0 aromatic carbocycles. The summed E-state index contributed by atoms with van der Waals surface area (Å²) in [7, 11) is 2.20. The van der Waals surface area contributed by atoms with Crippen molar-refractivity contribution in [2.45, 2.75) is 58.5 Å². The van der Waals surface area contributed by atoms with E-state index in [9.17, 15) is 0 Å². The lowest BCUT2D eigenvalue weighted by Gasteiger charge is -2.35. The molecule has 1 fully saturated rings. The predicted molar refractivity (Wildman–Crippen MR) is 86.2 cm³/mol. The third-order valence-corrected chi connectivity index (χ3v) is 4.60. The van der Waals surface area contributed by atoms with E-state index in [1.807, 2.05) is 6.20 Å². The number of aromatic nitrogens is 1. The van der Waals surface area contributed by atoms with Gasteiger partial charge in [-0.05, 0) is 49.9 Å². The summed E-state index contributed by atoms with van der Waals surface area (Å²) in [6, 6.07) is 5.40. The van der Waals surface area contributed by atoms with Gasteiger partial charge in [0.15, 0.2) is 0 Å². The molecule has 0 saturated heterocycles. The summed E-state index contributed by atoms with van der Waals surface area (Å²) in [5.41, 5.74) is 1.33. The molecule has 3 nitrogen and oxygen atoms in total. The Kier molecular flexibility index (Phi) is 5.41. The molecule has 0 bridgehead atoms. The summed E-state index contributed by atoms with van der Waals surface area (Å²) in [5.74, 6) is 1.96. The molecule has 1 aliphatic carbocycles. The molecule has 3 atom stereocenters. The van der Waals surface area contributed by atoms with Gasteiger partial charge in [-0.1, -0.05) is 26.7 Å². The van der Waals surface area contributed by atoms with Gasteiger partial charge in [-0.25, -0.2) is 4.98 Å². The summed E-state index contributed by atoms with van der Waals surface area (Å²) in [6.07, 6.45) is 7.28. The summed E-state index contributed by atoms with van der Waals surface area (Å²) in [6.45, 7) is 7.73. The van der Waals surface area contributed by atoms with E-state index in [1.54, 1.807) is 0 Å². The minimum absolute atomic E-state index is 0.389. The lowest BCUT2D eigenvalue weighted by atomic mass is 9.86. The van der Waals surface area contributed by atoms with Crippen LogP contribution in [0, 0.1) is 5.92 Å². The first-order valence-electron chi connectivity index (χ1n) is 8.04. The second-order valence-corrected chi connectivity index (χ2v) is 6.26. The largest absolute Gasteiger partial charge is 0.357 e. The summed E-state index contributed by atoms with van der Waals surface area (Å²) >= 11 is 0. The van der Waals surface area contributed by atoms with Gasteiger partial charge >= 0.3 is 0 Å². The molecule has 2 rings (SSSR count). The molecule has 1 aromatic rings. The molecule has 0 aliphatic heterocycles. The second kappa shape index (κ2) is 7.07. The van der Waals surface area contributed by atoms with Crippen molar-refractivity contribution in [1.82, 2.24) is 10.3 Å². The average Bonchev–Trinajstić information content (AvgIpc) is 2.47. The van der Waals surface area contributed by atoms with Crippen LogP contribution in [0.25, 0.3) is 0 Å². The topological polar surface area (TPSA) is 28.2 Å². The molecule has 1 N–H and O–H groups in total. The number of hydrogen-bond acceptors (Lipinski definition) is 3. The van der Waals surface area contributed by atoms with Crippen molar-refractivity contribution in [2.24, 2.45) is 5.92 Å². The minimum Gasteiger partial charge on any atom is -0.357 e. The molecular weight excluding hydrogens is 246 g/mol. The van der Waals surface area contributed by atoms with Crippen LogP contribution in [-0.4, -0.2) is 24.6 Å². The van der Waals surface area contributed by atoms with E-state index in [0.29, 0.717) is 12.1 Å². The van der Waals surface area contributed by atoms with Crippen molar-refractivity contribution in [3.63, 3.8) is 0 Å². The molecule has 0 amide bonds. The lowest BCUT2D eigenvalue weighted by molar-refractivity contribution is 0.335. The highest BCUT2D eigenvalue weighted by Crippen LogP contribution is 2.29. The van der Waals surface area contributed by atoms with E-state index >= 15 is 0 Å². The first kappa shape index (κ1) is 15.3. The minimum atomic E-state index is 0.389. The molecule has 1 heterocycles. The van der Waals surface area contributed by atoms with Gasteiger partial charge in [-0.2, -0.15) is 0 Å². The maximum Gasteiger partial charge on any atom is 0.128 e. The molecule has 20 heavy (non-hydrogen) atoms. The Morgan fingerprint density at radius 1 is 1.45 bits per heavy atom. The highest BCUT2D eigenvalue weighted by molar-refractivity contribution is 5.42. The van der Waals surface area contributed by atoms with E-state index in [4.69, 9.17) is 0 Å². The highest BCUT2D eigenvalue weighted by Gasteiger charge is 2.23. The van der Waals surface area contributed by atoms with Gasteiger partial charge in [0.1, 0.15) is 5.82 Å². The first-order chi connectivity index (χ1) is 9.61. The molecule has 0 radical (unpaired) electrons. The Morgan fingerprint density at radius 3 is 2.95 bits per heavy atom. The van der Waals surface area contributed by atoms with E-state index < -0.39 is 0 Å². The van der Waals surface area contributed by atoms with Crippen molar-refractivity contribution >= 4 is 5.82 Å². The monoisotopic (exact) mass is 275 g/mol. The van der Waals surface area contributed by atoms with Crippen LogP contribution < -0.4 is 10.2 Å². The zero-order valence-electron chi connectivity index (χ0n) is 13.4. The van der Waals surface area contributed by atoms with Gasteiger partial charge < -0.3 is 10.2 Å². The Hall–Kier alpha value is -1.09. The van der Waals surface area contributed by atoms with Crippen LogP contribution in [0.4, 0.5) is 5.82 Å². The number of anilines is 1. The molecule has 1 aromatic heterocycles. The van der Waals surface area contributed by atoms with E-state index in [-0.39, 0.29) is 0 Å². The molecule has 1 saturated carbocycles. The summed E-state index contributed by atoms with van der Waals surface area (Å²) in [5, 5.41) is 3.47. The number of nitrogens with zero attached hydrogens (tertiary/aromatic N) is 2. The number of nitrogens with one attached hydrogen (secondary N) is 1. The smallest absolute Gasteiger partial charge is 0.128 e. The predicted octanol–water partition coefficient (Wildman–Crippen LogP) is 3.77. The Labute approximate surface area is 123 Å². The zero-order valence-corrected chi connectivity index (χ0v) is 13.4. The van der Waals surface area contributed by atoms with Crippen LogP contribution in [0.5, 0.6) is 0 Å². The van der Waals surface area contributed by atoms with E-state index in [2.05, 4.69) is 55.2 Å². The zero-order chi connectivity index (χ0) is 14.5. The van der Waals surface area contributed by atoms with Gasteiger partial charge in [0, 0.05) is 25.3 Å². The van der Waals surface area contributed by atoms with Crippen molar-refractivity contribution in [1.29, 1.82) is 0 Å². The fourth-order valence-electron chi connectivity index (χ4n) is 3.26. The maximum atomic E-state index is 4.58. The van der Waals surface area contributed by atoms with Crippen molar-refractivity contribution < 1.29 is 0 Å². The fraction of sp³-hybridized carbons (Fsp3) is 0.706. The normalized spacial score (nSPS) is 24.4. The van der Waals surface area contributed by atoms with Gasteiger partial charge in [0.25, 0.3) is 0 Å². The van der Waals surface area contributed by atoms with E-state index in [0.717, 1.165) is 18.3 Å². The third-order valence-electron chi connectivity index (χ3n) is 4.60. The molecule has 3 unspecified atom stereocenters. The summed E-state index contributed by atoms with van der Waals surface area (Å²) in [4.78, 5) is 6.97. The third kappa shape index (κ3) is 3.72. The lowest BCUT2D eigenvalue weighted by Crippen LogP contribution is -2.36. The Balaban J connectivity index is 2.09. The number of hydrogen-bond donors (Lipinski definition) is 1. The Morgan fingerprint density at radius 2 is 2.25 bits per heavy atom. The highest BCUT2D eigenvalue weighted by atomic mass is 15.2. The van der Waals surface area contributed by atoms with Crippen LogP contribution in [0.15, 0.2) is 18.3 Å². The van der Waals surface area contributed by atoms with Crippen LogP contribution in [0.1, 0.15) is 58.1 Å². The number of pyridine rings is 1. The van der Waals surface area contributed by atoms with Gasteiger partial charge in [0.05, 0.1) is 0 Å². The molecular formula is C17H29N3. The number of rotatable bonds is 5. The van der Waals surface area contributed by atoms with Crippen LogP contribution >= 0.6 is 0 Å². The maximum absolute atomic E-state index is 4.58. The molecule has 3 heteroatoms. The van der Waals surface area contributed by atoms with Gasteiger partial charge in [-0.3, -0.25) is 0 Å². The van der Waals surface area contributed by atoms with Crippen LogP contribution in [0.2, 0.25) is 0 Å². The van der Waals surface area contributed by atoms with Crippen molar-refractivity contribution in [2.75, 3.05) is 18.5 Å². The first-order valence-corrected chi connectivity index (χ1v) is 8.04. The van der Waals surface area contributed by atoms with Gasteiger partial charge in [0.2, 0.25) is 0 Å². The SMILES string of the molecule is CCNC(C)c1ccnc(N(C)C2CCCC(C)C2)c1. The fourth-order valence-corrected chi connectivity index (χ4v) is 3.26. The molecule has 1 aliphatic rings.